The van der Waals surface area contributed by atoms with E-state index in [4.69, 9.17) is 14.9 Å². The van der Waals surface area contributed by atoms with E-state index in [1.165, 1.54) is 0 Å². The Morgan fingerprint density at radius 1 is 1.28 bits per heavy atom. The molecule has 1 heterocycles. The van der Waals surface area contributed by atoms with Gasteiger partial charge < -0.3 is 14.9 Å². The smallest absolute Gasteiger partial charge is 0.146 e. The Labute approximate surface area is 115 Å². The molecule has 0 saturated heterocycles. The van der Waals surface area contributed by atoms with Crippen LogP contribution in [0.1, 0.15) is 22.5 Å². The van der Waals surface area contributed by atoms with E-state index in [1.807, 2.05) is 32.0 Å². The molecule has 0 aliphatic rings. The normalized spacial score (nSPS) is 10.7. The van der Waals surface area contributed by atoms with Crippen LogP contribution in [0.15, 0.2) is 33.4 Å². The van der Waals surface area contributed by atoms with Gasteiger partial charge in [-0.15, -0.1) is 0 Å². The lowest BCUT2D eigenvalue weighted by Gasteiger charge is -2.09. The zero-order chi connectivity index (χ0) is 13.1. The van der Waals surface area contributed by atoms with Crippen molar-refractivity contribution in [2.75, 3.05) is 0 Å². The number of hydrogen-bond acceptors (Lipinski definition) is 3. The van der Waals surface area contributed by atoms with Crippen molar-refractivity contribution in [3.8, 4) is 5.75 Å². The van der Waals surface area contributed by atoms with Crippen molar-refractivity contribution in [1.29, 1.82) is 0 Å². The maximum absolute atomic E-state index is 5.74. The second-order valence-corrected chi connectivity index (χ2v) is 5.03. The Hall–Kier alpha value is -1.26. The molecule has 2 rings (SSSR count). The molecule has 0 aliphatic heterocycles. The Morgan fingerprint density at radius 3 is 2.56 bits per heavy atom. The zero-order valence-electron chi connectivity index (χ0n) is 10.5. The van der Waals surface area contributed by atoms with Gasteiger partial charge >= 0.3 is 0 Å². The molecule has 0 atom stereocenters. The van der Waals surface area contributed by atoms with Gasteiger partial charge in [-0.25, -0.2) is 0 Å². The third kappa shape index (κ3) is 2.76. The standard InChI is InChI=1S/C14H16BrNO2/c1-9-5-12(6-10(2)14(9)15)18-8-13-11(7-16)3-4-17-13/h3-6H,7-8,16H2,1-2H3. The Morgan fingerprint density at radius 2 is 1.94 bits per heavy atom. The number of nitrogens with two attached hydrogens (primary N) is 1. The maximum Gasteiger partial charge on any atom is 0.146 e. The lowest BCUT2D eigenvalue weighted by Crippen LogP contribution is -2.02. The summed E-state index contributed by atoms with van der Waals surface area (Å²) in [5, 5.41) is 0. The van der Waals surface area contributed by atoms with Crippen LogP contribution in [-0.2, 0) is 13.2 Å². The topological polar surface area (TPSA) is 48.4 Å². The summed E-state index contributed by atoms with van der Waals surface area (Å²) in [6.07, 6.45) is 1.64. The monoisotopic (exact) mass is 309 g/mol. The second kappa shape index (κ2) is 5.59. The van der Waals surface area contributed by atoms with Crippen LogP contribution in [-0.4, -0.2) is 0 Å². The average Bonchev–Trinajstić information content (AvgIpc) is 2.80. The van der Waals surface area contributed by atoms with Gasteiger partial charge in [0, 0.05) is 16.6 Å². The van der Waals surface area contributed by atoms with Crippen molar-refractivity contribution >= 4 is 15.9 Å². The van der Waals surface area contributed by atoms with E-state index in [9.17, 15) is 0 Å². The summed E-state index contributed by atoms with van der Waals surface area (Å²) in [4.78, 5) is 0. The fourth-order valence-corrected chi connectivity index (χ4v) is 2.04. The molecule has 1 aromatic heterocycles. The van der Waals surface area contributed by atoms with E-state index in [2.05, 4.69) is 15.9 Å². The molecule has 0 aliphatic carbocycles. The third-order valence-electron chi connectivity index (χ3n) is 2.84. The van der Waals surface area contributed by atoms with E-state index >= 15 is 0 Å². The Kier molecular flexibility index (Phi) is 4.09. The summed E-state index contributed by atoms with van der Waals surface area (Å²) >= 11 is 3.54. The van der Waals surface area contributed by atoms with Crippen molar-refractivity contribution in [2.24, 2.45) is 5.73 Å². The molecule has 0 amide bonds. The summed E-state index contributed by atoms with van der Waals surface area (Å²) < 4.78 is 12.2. The van der Waals surface area contributed by atoms with Crippen LogP contribution in [0.2, 0.25) is 0 Å². The number of furan rings is 1. The maximum atomic E-state index is 5.74. The summed E-state index contributed by atoms with van der Waals surface area (Å²) in [7, 11) is 0. The van der Waals surface area contributed by atoms with Crippen LogP contribution in [0, 0.1) is 13.8 Å². The fraction of sp³-hybridized carbons (Fsp3) is 0.286. The largest absolute Gasteiger partial charge is 0.486 e. The lowest BCUT2D eigenvalue weighted by atomic mass is 10.1. The molecule has 1 aromatic carbocycles. The van der Waals surface area contributed by atoms with Crippen LogP contribution >= 0.6 is 15.9 Å². The van der Waals surface area contributed by atoms with Crippen LogP contribution in [0.3, 0.4) is 0 Å². The van der Waals surface area contributed by atoms with Gasteiger partial charge in [-0.05, 0) is 43.2 Å². The first-order valence-corrected chi connectivity index (χ1v) is 6.56. The van der Waals surface area contributed by atoms with Crippen LogP contribution in [0.25, 0.3) is 0 Å². The van der Waals surface area contributed by atoms with E-state index in [1.54, 1.807) is 6.26 Å². The molecule has 3 nitrogen and oxygen atoms in total. The van der Waals surface area contributed by atoms with Crippen LogP contribution in [0.5, 0.6) is 5.75 Å². The summed E-state index contributed by atoms with van der Waals surface area (Å²) in [5.41, 5.74) is 8.91. The number of hydrogen-bond donors (Lipinski definition) is 1. The molecule has 0 radical (unpaired) electrons. The summed E-state index contributed by atoms with van der Waals surface area (Å²) in [5.74, 6) is 1.63. The molecule has 0 fully saturated rings. The predicted octanol–water partition coefficient (Wildman–Crippen LogP) is 3.70. The number of benzene rings is 1. The van der Waals surface area contributed by atoms with Crippen LogP contribution < -0.4 is 10.5 Å². The molecule has 0 spiro atoms. The fourth-order valence-electron chi connectivity index (χ4n) is 1.81. The van der Waals surface area contributed by atoms with Crippen molar-refractivity contribution in [2.45, 2.75) is 27.0 Å². The molecule has 18 heavy (non-hydrogen) atoms. The van der Waals surface area contributed by atoms with Gasteiger partial charge in [0.2, 0.25) is 0 Å². The molecule has 4 heteroatoms. The lowest BCUT2D eigenvalue weighted by molar-refractivity contribution is 0.268. The molecule has 2 N–H and O–H groups in total. The minimum Gasteiger partial charge on any atom is -0.486 e. The first-order chi connectivity index (χ1) is 8.61. The van der Waals surface area contributed by atoms with E-state index in [-0.39, 0.29) is 0 Å². The molecule has 2 aromatic rings. The summed E-state index contributed by atoms with van der Waals surface area (Å²) in [6.45, 7) is 4.96. The first-order valence-electron chi connectivity index (χ1n) is 5.76. The minimum absolute atomic E-state index is 0.403. The number of ether oxygens (including phenoxy) is 1. The molecular formula is C14H16BrNO2. The molecule has 0 unspecified atom stereocenters. The number of aryl methyl sites for hydroxylation is 2. The van der Waals surface area contributed by atoms with Gasteiger partial charge in [-0.1, -0.05) is 15.9 Å². The van der Waals surface area contributed by atoms with Gasteiger partial charge in [-0.2, -0.15) is 0 Å². The molecule has 0 bridgehead atoms. The highest BCUT2D eigenvalue weighted by atomic mass is 79.9. The number of rotatable bonds is 4. The highest BCUT2D eigenvalue weighted by Gasteiger charge is 2.07. The van der Waals surface area contributed by atoms with E-state index < -0.39 is 0 Å². The van der Waals surface area contributed by atoms with Crippen molar-refractivity contribution in [3.05, 3.63) is 51.4 Å². The van der Waals surface area contributed by atoms with Crippen molar-refractivity contribution in [1.82, 2.24) is 0 Å². The van der Waals surface area contributed by atoms with Gasteiger partial charge in [0.25, 0.3) is 0 Å². The van der Waals surface area contributed by atoms with Gasteiger partial charge in [-0.3, -0.25) is 0 Å². The van der Waals surface area contributed by atoms with Crippen molar-refractivity contribution in [3.63, 3.8) is 0 Å². The quantitative estimate of drug-likeness (QED) is 0.937. The van der Waals surface area contributed by atoms with Gasteiger partial charge in [0.05, 0.1) is 6.26 Å². The molecule has 96 valence electrons. The summed E-state index contributed by atoms with van der Waals surface area (Å²) in [6, 6.07) is 5.88. The Balaban J connectivity index is 2.11. The second-order valence-electron chi connectivity index (χ2n) is 4.23. The SMILES string of the molecule is Cc1cc(OCc2occc2CN)cc(C)c1Br. The highest BCUT2D eigenvalue weighted by molar-refractivity contribution is 9.10. The molecule has 0 saturated carbocycles. The van der Waals surface area contributed by atoms with Crippen molar-refractivity contribution < 1.29 is 9.15 Å². The minimum atomic E-state index is 0.403. The van der Waals surface area contributed by atoms with Gasteiger partial charge in [0.1, 0.15) is 18.1 Å². The van der Waals surface area contributed by atoms with Gasteiger partial charge in [0.15, 0.2) is 0 Å². The highest BCUT2D eigenvalue weighted by Crippen LogP contribution is 2.27. The predicted molar refractivity (Wildman–Crippen MR) is 74.5 cm³/mol. The van der Waals surface area contributed by atoms with Crippen LogP contribution in [0.4, 0.5) is 0 Å². The first kappa shape index (κ1) is 13.2. The average molecular weight is 310 g/mol. The molecular weight excluding hydrogens is 294 g/mol. The zero-order valence-corrected chi connectivity index (χ0v) is 12.1. The Bertz CT molecular complexity index is 525. The third-order valence-corrected chi connectivity index (χ3v) is 4.09. The van der Waals surface area contributed by atoms with E-state index in [0.29, 0.717) is 13.2 Å². The van der Waals surface area contributed by atoms with E-state index in [0.717, 1.165) is 32.7 Å². The number of halogens is 1.